The minimum absolute atomic E-state index is 0.0158. The van der Waals surface area contributed by atoms with Crippen LogP contribution in [0, 0.1) is 0 Å². The Balaban J connectivity index is 1.55. The maximum atomic E-state index is 13.2. The summed E-state index contributed by atoms with van der Waals surface area (Å²) < 4.78 is 11.0. The molecule has 3 aliphatic rings. The lowest BCUT2D eigenvalue weighted by Crippen LogP contribution is -2.50. The topological polar surface area (TPSA) is 84.9 Å². The summed E-state index contributed by atoms with van der Waals surface area (Å²) in [4.78, 5) is 41.0. The van der Waals surface area contributed by atoms with Gasteiger partial charge in [0.05, 0.1) is 12.7 Å². The number of ether oxygens (including phenoxy) is 2. The standard InChI is InChI=1S/C27H26N2O5/c1-33-27(32)24-22(18-10-12-19(13-11-18)34-16-17-6-3-2-4-7-17)23-20(8-5-9-21(23)30)29-15-14-28-26(31)25(24)29/h2-4,6-7,10-13,22H,5,8-9,14-16H2,1H3,(H,28,31)/t22-/m0/s1. The number of hydrogen-bond acceptors (Lipinski definition) is 6. The number of Topliss-reactive ketones (excluding diaryl/α,β-unsaturated/α-hetero) is 1. The highest BCUT2D eigenvalue weighted by Crippen LogP contribution is 2.47. The molecular formula is C27H26N2O5. The number of benzene rings is 2. The molecule has 2 heterocycles. The van der Waals surface area contributed by atoms with E-state index < -0.39 is 11.9 Å². The van der Waals surface area contributed by atoms with E-state index in [-0.39, 0.29) is 17.3 Å². The predicted molar refractivity (Wildman–Crippen MR) is 125 cm³/mol. The fourth-order valence-corrected chi connectivity index (χ4v) is 5.03. The van der Waals surface area contributed by atoms with Gasteiger partial charge in [0.2, 0.25) is 0 Å². The van der Waals surface area contributed by atoms with Gasteiger partial charge in [-0.05, 0) is 36.1 Å². The molecule has 1 amide bonds. The highest BCUT2D eigenvalue weighted by molar-refractivity contribution is 6.09. The number of allylic oxidation sites excluding steroid dienone is 2. The van der Waals surface area contributed by atoms with Gasteiger partial charge in [0.25, 0.3) is 5.91 Å². The molecule has 1 saturated heterocycles. The van der Waals surface area contributed by atoms with E-state index in [1.807, 2.05) is 59.5 Å². The smallest absolute Gasteiger partial charge is 0.337 e. The zero-order chi connectivity index (χ0) is 23.7. The average Bonchev–Trinajstić information content (AvgIpc) is 2.87. The number of amides is 1. The molecule has 0 bridgehead atoms. The Labute approximate surface area is 198 Å². The highest BCUT2D eigenvalue weighted by Gasteiger charge is 2.45. The quantitative estimate of drug-likeness (QED) is 0.693. The second kappa shape index (κ2) is 9.17. The number of methoxy groups -OCH3 is 1. The largest absolute Gasteiger partial charge is 0.489 e. The van der Waals surface area contributed by atoms with Gasteiger partial charge in [0.1, 0.15) is 18.1 Å². The summed E-state index contributed by atoms with van der Waals surface area (Å²) in [6.07, 6.45) is 1.86. The molecular weight excluding hydrogens is 432 g/mol. The maximum absolute atomic E-state index is 13.2. The number of hydrogen-bond donors (Lipinski definition) is 1. The van der Waals surface area contributed by atoms with Gasteiger partial charge < -0.3 is 19.7 Å². The molecule has 34 heavy (non-hydrogen) atoms. The normalized spacial score (nSPS) is 19.9. The first-order valence-corrected chi connectivity index (χ1v) is 11.5. The lowest BCUT2D eigenvalue weighted by Gasteiger charge is -2.43. The molecule has 0 unspecified atom stereocenters. The minimum Gasteiger partial charge on any atom is -0.489 e. The Kier molecular flexibility index (Phi) is 5.92. The van der Waals surface area contributed by atoms with Gasteiger partial charge in [-0.2, -0.15) is 0 Å². The van der Waals surface area contributed by atoms with Crippen LogP contribution in [0.2, 0.25) is 0 Å². The zero-order valence-electron chi connectivity index (χ0n) is 19.0. The molecule has 1 atom stereocenters. The van der Waals surface area contributed by atoms with E-state index in [0.717, 1.165) is 23.2 Å². The number of carbonyl (C=O) groups excluding carboxylic acids is 3. The number of esters is 1. The molecule has 7 heteroatoms. The lowest BCUT2D eigenvalue weighted by molar-refractivity contribution is -0.137. The molecule has 0 aromatic heterocycles. The third-order valence-corrected chi connectivity index (χ3v) is 6.56. The molecule has 0 spiro atoms. The Morgan fingerprint density at radius 1 is 1.06 bits per heavy atom. The number of ketones is 1. The molecule has 2 aromatic carbocycles. The number of fused-ring (bicyclic) bond motifs is 2. The minimum atomic E-state index is -0.659. The number of rotatable bonds is 5. The summed E-state index contributed by atoms with van der Waals surface area (Å²) in [7, 11) is 1.30. The van der Waals surface area contributed by atoms with E-state index in [0.29, 0.717) is 49.6 Å². The van der Waals surface area contributed by atoms with Crippen molar-refractivity contribution in [1.29, 1.82) is 0 Å². The van der Waals surface area contributed by atoms with E-state index >= 15 is 0 Å². The number of nitrogens with zero attached hydrogens (tertiary/aromatic N) is 1. The molecule has 2 aliphatic heterocycles. The lowest BCUT2D eigenvalue weighted by atomic mass is 9.74. The van der Waals surface area contributed by atoms with Crippen LogP contribution >= 0.6 is 0 Å². The Morgan fingerprint density at radius 2 is 1.82 bits per heavy atom. The van der Waals surface area contributed by atoms with Crippen molar-refractivity contribution in [2.75, 3.05) is 20.2 Å². The van der Waals surface area contributed by atoms with Gasteiger partial charge in [0, 0.05) is 36.7 Å². The first-order chi connectivity index (χ1) is 16.6. The van der Waals surface area contributed by atoms with E-state index in [4.69, 9.17) is 9.47 Å². The Hall–Kier alpha value is -3.87. The van der Waals surface area contributed by atoms with Crippen molar-refractivity contribution in [2.24, 2.45) is 0 Å². The second-order valence-corrected chi connectivity index (χ2v) is 8.57. The third kappa shape index (κ3) is 3.87. The molecule has 0 radical (unpaired) electrons. The zero-order valence-corrected chi connectivity index (χ0v) is 19.0. The van der Waals surface area contributed by atoms with E-state index in [1.165, 1.54) is 7.11 Å². The SMILES string of the molecule is COC(=O)C1=C2C(=O)NCCN2C2=C(C(=O)CCC2)[C@@H]1c1ccc(OCc2ccccc2)cc1. The first kappa shape index (κ1) is 21.9. The molecule has 1 N–H and O–H groups in total. The molecule has 0 saturated carbocycles. The van der Waals surface area contributed by atoms with Crippen molar-refractivity contribution < 1.29 is 23.9 Å². The van der Waals surface area contributed by atoms with Crippen molar-refractivity contribution in [1.82, 2.24) is 10.2 Å². The summed E-state index contributed by atoms with van der Waals surface area (Å²) in [5.74, 6) is -0.882. The second-order valence-electron chi connectivity index (χ2n) is 8.57. The summed E-state index contributed by atoms with van der Waals surface area (Å²) in [6, 6.07) is 17.3. The van der Waals surface area contributed by atoms with Crippen molar-refractivity contribution in [3.05, 3.63) is 88.3 Å². The van der Waals surface area contributed by atoms with Gasteiger partial charge in [-0.3, -0.25) is 9.59 Å². The van der Waals surface area contributed by atoms with Crippen LogP contribution in [0.1, 0.15) is 36.3 Å². The third-order valence-electron chi connectivity index (χ3n) is 6.56. The van der Waals surface area contributed by atoms with Crippen LogP contribution in [0.5, 0.6) is 5.75 Å². The van der Waals surface area contributed by atoms with Gasteiger partial charge in [-0.15, -0.1) is 0 Å². The highest BCUT2D eigenvalue weighted by atomic mass is 16.5. The Morgan fingerprint density at radius 3 is 2.56 bits per heavy atom. The van der Waals surface area contributed by atoms with Gasteiger partial charge >= 0.3 is 5.97 Å². The van der Waals surface area contributed by atoms with Crippen LogP contribution in [-0.4, -0.2) is 42.8 Å². The van der Waals surface area contributed by atoms with Crippen LogP contribution in [0.25, 0.3) is 0 Å². The fourth-order valence-electron chi connectivity index (χ4n) is 5.03. The molecule has 174 valence electrons. The number of carbonyl (C=O) groups is 3. The monoisotopic (exact) mass is 458 g/mol. The first-order valence-electron chi connectivity index (χ1n) is 11.5. The van der Waals surface area contributed by atoms with E-state index in [9.17, 15) is 14.4 Å². The van der Waals surface area contributed by atoms with Crippen LogP contribution in [-0.2, 0) is 25.7 Å². The van der Waals surface area contributed by atoms with Crippen molar-refractivity contribution in [2.45, 2.75) is 31.8 Å². The predicted octanol–water partition coefficient (Wildman–Crippen LogP) is 3.23. The van der Waals surface area contributed by atoms with Crippen LogP contribution in [0.3, 0.4) is 0 Å². The summed E-state index contributed by atoms with van der Waals surface area (Å²) in [5, 5.41) is 2.84. The van der Waals surface area contributed by atoms with Crippen molar-refractivity contribution >= 4 is 17.7 Å². The van der Waals surface area contributed by atoms with Crippen LogP contribution in [0.15, 0.2) is 77.1 Å². The molecule has 7 nitrogen and oxygen atoms in total. The van der Waals surface area contributed by atoms with E-state index in [2.05, 4.69) is 5.32 Å². The summed E-state index contributed by atoms with van der Waals surface area (Å²) >= 11 is 0. The molecule has 1 aliphatic carbocycles. The Bertz CT molecular complexity index is 1200. The van der Waals surface area contributed by atoms with Gasteiger partial charge in [-0.25, -0.2) is 4.79 Å². The summed E-state index contributed by atoms with van der Waals surface area (Å²) in [5.41, 5.74) is 3.77. The maximum Gasteiger partial charge on any atom is 0.337 e. The van der Waals surface area contributed by atoms with Crippen LogP contribution in [0.4, 0.5) is 0 Å². The van der Waals surface area contributed by atoms with Crippen molar-refractivity contribution in [3.8, 4) is 5.75 Å². The fraction of sp³-hybridized carbons (Fsp3) is 0.296. The van der Waals surface area contributed by atoms with Gasteiger partial charge in [-0.1, -0.05) is 42.5 Å². The molecule has 5 rings (SSSR count). The average molecular weight is 459 g/mol. The molecule has 1 fully saturated rings. The summed E-state index contributed by atoms with van der Waals surface area (Å²) in [6.45, 7) is 1.41. The molecule has 2 aromatic rings. The van der Waals surface area contributed by atoms with Crippen molar-refractivity contribution in [3.63, 3.8) is 0 Å². The number of nitrogens with one attached hydrogen (secondary N) is 1. The number of piperazine rings is 1. The van der Waals surface area contributed by atoms with Gasteiger partial charge in [0.15, 0.2) is 5.78 Å². The van der Waals surface area contributed by atoms with E-state index in [1.54, 1.807) is 0 Å². The van der Waals surface area contributed by atoms with Crippen LogP contribution < -0.4 is 10.1 Å².